The van der Waals surface area contributed by atoms with Gasteiger partial charge in [-0.05, 0) is 30.0 Å². The smallest absolute Gasteiger partial charge is 0.269 e. The van der Waals surface area contributed by atoms with Crippen LogP contribution in [0.15, 0.2) is 42.0 Å². The molecule has 3 heterocycles. The summed E-state index contributed by atoms with van der Waals surface area (Å²) >= 11 is 1.42. The van der Waals surface area contributed by atoms with Crippen LogP contribution in [0, 0.1) is 0 Å². The predicted octanol–water partition coefficient (Wildman–Crippen LogP) is 3.08. The highest BCUT2D eigenvalue weighted by Gasteiger charge is 2.15. The second-order valence-corrected chi connectivity index (χ2v) is 5.23. The Hall–Kier alpha value is -2.34. The van der Waals surface area contributed by atoms with Gasteiger partial charge in [0.05, 0.1) is 5.69 Å². The number of aromatic amines is 1. The van der Waals surface area contributed by atoms with Crippen molar-refractivity contribution < 1.29 is 4.79 Å². The Morgan fingerprint density at radius 2 is 2.25 bits per heavy atom. The van der Waals surface area contributed by atoms with E-state index in [0.29, 0.717) is 10.7 Å². The molecule has 0 bridgehead atoms. The fraction of sp³-hybridized carbons (Fsp3) is 0.143. The Bertz CT molecular complexity index is 711. The van der Waals surface area contributed by atoms with Gasteiger partial charge in [-0.25, -0.2) is 0 Å². The van der Waals surface area contributed by atoms with Crippen molar-refractivity contribution in [3.63, 3.8) is 0 Å². The molecular weight excluding hydrogens is 272 g/mol. The molecule has 20 heavy (non-hydrogen) atoms. The lowest BCUT2D eigenvalue weighted by Gasteiger charge is -2.04. The van der Waals surface area contributed by atoms with Gasteiger partial charge in [0.2, 0.25) is 0 Å². The van der Waals surface area contributed by atoms with E-state index in [2.05, 4.69) is 15.5 Å². The zero-order valence-electron chi connectivity index (χ0n) is 11.0. The molecule has 102 valence electrons. The summed E-state index contributed by atoms with van der Waals surface area (Å²) in [4.78, 5) is 13.0. The minimum absolute atomic E-state index is 0.141. The molecule has 0 atom stereocenters. The number of thiophene rings is 1. The molecule has 0 spiro atoms. The largest absolute Gasteiger partial charge is 0.322 e. The average Bonchev–Trinajstić information content (AvgIpc) is 3.19. The van der Waals surface area contributed by atoms with Crippen molar-refractivity contribution in [2.24, 2.45) is 0 Å². The molecule has 0 saturated heterocycles. The number of hydrogen-bond donors (Lipinski definition) is 2. The van der Waals surface area contributed by atoms with E-state index in [1.54, 1.807) is 0 Å². The lowest BCUT2D eigenvalue weighted by Crippen LogP contribution is -2.12. The molecule has 5 nitrogen and oxygen atoms in total. The molecule has 2 N–H and O–H groups in total. The molecule has 3 rings (SSSR count). The minimum Gasteiger partial charge on any atom is -0.322 e. The van der Waals surface area contributed by atoms with E-state index in [-0.39, 0.29) is 5.91 Å². The topological polar surface area (TPSA) is 62.7 Å². The average molecular weight is 286 g/mol. The van der Waals surface area contributed by atoms with Gasteiger partial charge in [0.25, 0.3) is 5.91 Å². The van der Waals surface area contributed by atoms with Crippen LogP contribution >= 0.6 is 11.3 Å². The maximum atomic E-state index is 12.3. The summed E-state index contributed by atoms with van der Waals surface area (Å²) in [6.45, 7) is 2.03. The second kappa shape index (κ2) is 5.34. The van der Waals surface area contributed by atoms with Crippen molar-refractivity contribution >= 4 is 23.1 Å². The Balaban J connectivity index is 1.83. The number of anilines is 1. The van der Waals surface area contributed by atoms with Gasteiger partial charge < -0.3 is 9.88 Å². The van der Waals surface area contributed by atoms with Gasteiger partial charge in [0, 0.05) is 24.2 Å². The van der Waals surface area contributed by atoms with Gasteiger partial charge in [-0.1, -0.05) is 6.92 Å². The number of aromatic nitrogens is 3. The molecule has 1 amide bonds. The van der Waals surface area contributed by atoms with Gasteiger partial charge in [-0.15, -0.1) is 11.3 Å². The molecule has 0 unspecified atom stereocenters. The first-order valence-electron chi connectivity index (χ1n) is 6.34. The quantitative estimate of drug-likeness (QED) is 0.774. The van der Waals surface area contributed by atoms with Crippen molar-refractivity contribution in [1.29, 1.82) is 0 Å². The van der Waals surface area contributed by atoms with Crippen LogP contribution < -0.4 is 5.32 Å². The van der Waals surface area contributed by atoms with Gasteiger partial charge >= 0.3 is 0 Å². The van der Waals surface area contributed by atoms with Crippen LogP contribution in [0.5, 0.6) is 0 Å². The molecule has 0 saturated carbocycles. The van der Waals surface area contributed by atoms with E-state index in [9.17, 15) is 4.79 Å². The summed E-state index contributed by atoms with van der Waals surface area (Å²) < 4.78 is 1.92. The normalized spacial score (nSPS) is 10.7. The fourth-order valence-electron chi connectivity index (χ4n) is 1.95. The number of hydrogen-bond acceptors (Lipinski definition) is 3. The molecule has 0 aromatic carbocycles. The number of aryl methyl sites for hydroxylation is 1. The van der Waals surface area contributed by atoms with E-state index in [1.165, 1.54) is 11.3 Å². The predicted molar refractivity (Wildman–Crippen MR) is 79.6 cm³/mol. The van der Waals surface area contributed by atoms with Crippen LogP contribution in [0.1, 0.15) is 22.3 Å². The SMILES string of the molecule is CCc1cc(NC(=O)c2sccc2-n2cccc2)n[nH]1. The first-order valence-corrected chi connectivity index (χ1v) is 7.22. The number of amides is 1. The summed E-state index contributed by atoms with van der Waals surface area (Å²) in [5, 5.41) is 11.7. The van der Waals surface area contributed by atoms with E-state index in [4.69, 9.17) is 0 Å². The monoisotopic (exact) mass is 286 g/mol. The number of carbonyl (C=O) groups excluding carboxylic acids is 1. The molecule has 0 radical (unpaired) electrons. The van der Waals surface area contributed by atoms with Gasteiger partial charge in [-0.3, -0.25) is 9.89 Å². The zero-order chi connectivity index (χ0) is 13.9. The summed E-state index contributed by atoms with van der Waals surface area (Å²) in [7, 11) is 0. The van der Waals surface area contributed by atoms with Crippen molar-refractivity contribution in [1.82, 2.24) is 14.8 Å². The van der Waals surface area contributed by atoms with E-state index >= 15 is 0 Å². The zero-order valence-corrected chi connectivity index (χ0v) is 11.8. The van der Waals surface area contributed by atoms with E-state index in [0.717, 1.165) is 17.8 Å². The number of carbonyl (C=O) groups is 1. The van der Waals surface area contributed by atoms with Crippen LogP contribution in [0.3, 0.4) is 0 Å². The van der Waals surface area contributed by atoms with Crippen LogP contribution in [0.4, 0.5) is 5.82 Å². The van der Waals surface area contributed by atoms with Crippen LogP contribution in [0.2, 0.25) is 0 Å². The first kappa shape index (κ1) is 12.7. The highest BCUT2D eigenvalue weighted by molar-refractivity contribution is 7.12. The summed E-state index contributed by atoms with van der Waals surface area (Å²) in [6.07, 6.45) is 4.70. The molecule has 3 aromatic heterocycles. The first-order chi connectivity index (χ1) is 9.78. The lowest BCUT2D eigenvalue weighted by molar-refractivity contribution is 0.103. The third-order valence-corrected chi connectivity index (χ3v) is 3.89. The molecule has 0 aliphatic heterocycles. The van der Waals surface area contributed by atoms with Gasteiger partial charge in [0.15, 0.2) is 5.82 Å². The second-order valence-electron chi connectivity index (χ2n) is 4.31. The molecule has 3 aromatic rings. The van der Waals surface area contributed by atoms with Crippen molar-refractivity contribution in [2.75, 3.05) is 5.32 Å². The van der Waals surface area contributed by atoms with Gasteiger partial charge in [-0.2, -0.15) is 5.10 Å². The minimum atomic E-state index is -0.141. The lowest BCUT2D eigenvalue weighted by atomic mass is 10.3. The van der Waals surface area contributed by atoms with Crippen LogP contribution in [-0.4, -0.2) is 20.7 Å². The molecule has 0 fully saturated rings. The third kappa shape index (κ3) is 2.37. The summed E-state index contributed by atoms with van der Waals surface area (Å²) in [5.41, 5.74) is 1.88. The Kier molecular flexibility index (Phi) is 3.39. The van der Waals surface area contributed by atoms with Crippen molar-refractivity contribution in [3.05, 3.63) is 52.6 Å². The fourth-order valence-corrected chi connectivity index (χ4v) is 2.74. The highest BCUT2D eigenvalue weighted by atomic mass is 32.1. The van der Waals surface area contributed by atoms with Crippen LogP contribution in [-0.2, 0) is 6.42 Å². The van der Waals surface area contributed by atoms with Crippen molar-refractivity contribution in [3.8, 4) is 5.69 Å². The Morgan fingerprint density at radius 1 is 1.45 bits per heavy atom. The van der Waals surface area contributed by atoms with Gasteiger partial charge in [0.1, 0.15) is 4.88 Å². The Labute approximate surface area is 120 Å². The van der Waals surface area contributed by atoms with Crippen LogP contribution in [0.25, 0.3) is 5.69 Å². The molecule has 6 heteroatoms. The van der Waals surface area contributed by atoms with Crippen molar-refractivity contribution in [2.45, 2.75) is 13.3 Å². The third-order valence-electron chi connectivity index (χ3n) is 2.99. The maximum Gasteiger partial charge on any atom is 0.269 e. The number of H-pyrrole nitrogens is 1. The number of nitrogens with one attached hydrogen (secondary N) is 2. The maximum absolute atomic E-state index is 12.3. The summed E-state index contributed by atoms with van der Waals surface area (Å²) in [5.74, 6) is 0.413. The summed E-state index contributed by atoms with van der Waals surface area (Å²) in [6, 6.07) is 7.64. The highest BCUT2D eigenvalue weighted by Crippen LogP contribution is 2.22. The molecular formula is C14H14N4OS. The van der Waals surface area contributed by atoms with E-state index in [1.807, 2.05) is 53.5 Å². The standard InChI is InChI=1S/C14H14N4OS/c1-2-10-9-12(17-16-10)15-14(19)13-11(5-8-20-13)18-6-3-4-7-18/h3-9H,2H2,1H3,(H2,15,16,17,19). The molecule has 0 aliphatic carbocycles. The Morgan fingerprint density at radius 3 is 2.95 bits per heavy atom. The number of nitrogens with zero attached hydrogens (tertiary/aromatic N) is 2. The molecule has 0 aliphatic rings. The number of rotatable bonds is 4. The van der Waals surface area contributed by atoms with E-state index < -0.39 is 0 Å².